The van der Waals surface area contributed by atoms with Crippen LogP contribution in [0.3, 0.4) is 0 Å². The number of alkyl halides is 6. The predicted octanol–water partition coefficient (Wildman–Crippen LogP) is 2.26. The van der Waals surface area contributed by atoms with E-state index >= 15 is 0 Å². The monoisotopic (exact) mass is 294 g/mol. The molecule has 0 aliphatic heterocycles. The first-order valence-electron chi connectivity index (χ1n) is 4.49. The number of nitrogens with two attached hydrogens (primary N) is 1. The summed E-state index contributed by atoms with van der Waals surface area (Å²) in [4.78, 5) is 1.84. The van der Waals surface area contributed by atoms with E-state index in [1.165, 1.54) is 0 Å². The molecule has 0 radical (unpaired) electrons. The zero-order valence-corrected chi connectivity index (χ0v) is 9.62. The third-order valence-electron chi connectivity index (χ3n) is 2.21. The summed E-state index contributed by atoms with van der Waals surface area (Å²) in [5.41, 5.74) is 1.49. The molecular formula is C8H8F6N2OS. The molecule has 0 saturated carbocycles. The van der Waals surface area contributed by atoms with Gasteiger partial charge in [0.15, 0.2) is 5.01 Å². The van der Waals surface area contributed by atoms with Crippen LogP contribution >= 0.6 is 11.3 Å². The Labute approximate surface area is 101 Å². The van der Waals surface area contributed by atoms with E-state index in [4.69, 9.17) is 5.73 Å². The minimum absolute atomic E-state index is 0.284. The Balaban J connectivity index is 3.30. The van der Waals surface area contributed by atoms with Crippen molar-refractivity contribution in [2.24, 2.45) is 5.73 Å². The van der Waals surface area contributed by atoms with E-state index < -0.39 is 33.9 Å². The van der Waals surface area contributed by atoms with Gasteiger partial charge in [0.1, 0.15) is 0 Å². The number of aliphatic hydroxyl groups is 1. The fourth-order valence-electron chi connectivity index (χ4n) is 1.20. The van der Waals surface area contributed by atoms with Crippen LogP contribution in [-0.2, 0) is 11.8 Å². The topological polar surface area (TPSA) is 59.1 Å². The van der Waals surface area contributed by atoms with Crippen LogP contribution in [0.2, 0.25) is 0 Å². The Morgan fingerprint density at radius 2 is 1.78 bits per heavy atom. The Morgan fingerprint density at radius 3 is 2.06 bits per heavy atom. The highest BCUT2D eigenvalue weighted by Crippen LogP contribution is 2.45. The summed E-state index contributed by atoms with van der Waals surface area (Å²) in [6.45, 7) is 0.848. The van der Waals surface area contributed by atoms with Crippen molar-refractivity contribution in [1.82, 2.24) is 4.98 Å². The molecule has 10 heteroatoms. The highest BCUT2D eigenvalue weighted by Gasteiger charge is 2.59. The van der Waals surface area contributed by atoms with Crippen molar-refractivity contribution in [2.75, 3.05) is 0 Å². The van der Waals surface area contributed by atoms with Crippen molar-refractivity contribution in [1.29, 1.82) is 0 Å². The van der Waals surface area contributed by atoms with Gasteiger partial charge in [0.2, 0.25) is 5.60 Å². The predicted molar refractivity (Wildman–Crippen MR) is 50.7 cm³/mol. The number of thiazole rings is 1. The molecule has 0 bridgehead atoms. The maximum Gasteiger partial charge on any atom is 0.443 e. The Morgan fingerprint density at radius 1 is 1.28 bits per heavy atom. The van der Waals surface area contributed by atoms with Crippen LogP contribution in [-0.4, -0.2) is 22.3 Å². The average Bonchev–Trinajstić information content (AvgIpc) is 2.62. The molecule has 3 nitrogen and oxygen atoms in total. The van der Waals surface area contributed by atoms with Gasteiger partial charge < -0.3 is 10.8 Å². The van der Waals surface area contributed by atoms with Gasteiger partial charge in [-0.15, -0.1) is 11.3 Å². The number of rotatable bonds is 2. The third-order valence-corrected chi connectivity index (χ3v) is 3.38. The molecule has 0 spiro atoms. The summed E-state index contributed by atoms with van der Waals surface area (Å²) in [5.74, 6) is 0. The summed E-state index contributed by atoms with van der Waals surface area (Å²) in [5, 5.41) is 8.06. The van der Waals surface area contributed by atoms with Crippen LogP contribution in [0.25, 0.3) is 0 Å². The molecule has 18 heavy (non-hydrogen) atoms. The van der Waals surface area contributed by atoms with Crippen LogP contribution < -0.4 is 5.73 Å². The van der Waals surface area contributed by atoms with Crippen LogP contribution in [0.15, 0.2) is 6.20 Å². The zero-order valence-electron chi connectivity index (χ0n) is 8.80. The zero-order chi connectivity index (χ0) is 14.4. The van der Waals surface area contributed by atoms with Gasteiger partial charge >= 0.3 is 12.4 Å². The van der Waals surface area contributed by atoms with E-state index in [0.717, 1.165) is 6.92 Å². The first kappa shape index (κ1) is 15.2. The summed E-state index contributed by atoms with van der Waals surface area (Å²) < 4.78 is 74.9. The van der Waals surface area contributed by atoms with E-state index in [1.807, 2.05) is 0 Å². The second kappa shape index (κ2) is 4.35. The highest BCUT2D eigenvalue weighted by molar-refractivity contribution is 7.11. The van der Waals surface area contributed by atoms with Gasteiger partial charge in [-0.25, -0.2) is 4.98 Å². The smallest absolute Gasteiger partial charge is 0.374 e. The molecule has 0 aromatic carbocycles. The number of hydrogen-bond acceptors (Lipinski definition) is 4. The van der Waals surface area contributed by atoms with Crippen molar-refractivity contribution in [3.63, 3.8) is 0 Å². The molecule has 0 aliphatic rings. The molecule has 0 fully saturated rings. The van der Waals surface area contributed by atoms with Crippen molar-refractivity contribution in [3.05, 3.63) is 16.1 Å². The molecule has 1 rings (SSSR count). The number of nitrogens with zero attached hydrogens (tertiary/aromatic N) is 1. The maximum atomic E-state index is 12.7. The first-order chi connectivity index (χ1) is 7.90. The molecule has 104 valence electrons. The van der Waals surface area contributed by atoms with E-state index in [0.29, 0.717) is 6.20 Å². The molecular weight excluding hydrogens is 286 g/mol. The standard InChI is InChI=1S/C8H8F6N2OS/c1-3(15)6(17,8(12,13)14)4-2-16-5(18-4)7(9,10)11/h2-3,17H,15H2,1H3. The summed E-state index contributed by atoms with van der Waals surface area (Å²) in [6, 6.07) is -1.83. The van der Waals surface area contributed by atoms with Gasteiger partial charge in [0.05, 0.1) is 4.88 Å². The average molecular weight is 294 g/mol. The Hall–Kier alpha value is -0.870. The number of halogens is 6. The lowest BCUT2D eigenvalue weighted by atomic mass is 9.94. The fraction of sp³-hybridized carbons (Fsp3) is 0.625. The van der Waals surface area contributed by atoms with Gasteiger partial charge in [0, 0.05) is 12.2 Å². The lowest BCUT2D eigenvalue weighted by Crippen LogP contribution is -2.53. The summed E-state index contributed by atoms with van der Waals surface area (Å²) in [6.07, 6.45) is -9.73. The molecule has 1 aromatic rings. The summed E-state index contributed by atoms with van der Waals surface area (Å²) in [7, 11) is 0. The van der Waals surface area contributed by atoms with Gasteiger partial charge in [-0.1, -0.05) is 0 Å². The molecule has 2 unspecified atom stereocenters. The third kappa shape index (κ3) is 2.45. The Bertz CT molecular complexity index is 426. The molecule has 0 aliphatic carbocycles. The van der Waals surface area contributed by atoms with E-state index in [1.54, 1.807) is 0 Å². The van der Waals surface area contributed by atoms with Crippen LogP contribution in [0.5, 0.6) is 0 Å². The molecule has 0 saturated heterocycles. The van der Waals surface area contributed by atoms with Crippen LogP contribution in [0.4, 0.5) is 26.3 Å². The SMILES string of the molecule is CC(N)C(O)(c1cnc(C(F)(F)F)s1)C(F)(F)F. The van der Waals surface area contributed by atoms with Crippen molar-refractivity contribution >= 4 is 11.3 Å². The maximum absolute atomic E-state index is 12.7. The van der Waals surface area contributed by atoms with E-state index in [-0.39, 0.29) is 11.3 Å². The van der Waals surface area contributed by atoms with E-state index in [2.05, 4.69) is 4.98 Å². The minimum Gasteiger partial charge on any atom is -0.374 e. The molecule has 0 amide bonds. The molecule has 2 atom stereocenters. The molecule has 3 N–H and O–H groups in total. The van der Waals surface area contributed by atoms with Gasteiger partial charge in [-0.3, -0.25) is 0 Å². The number of hydrogen-bond donors (Lipinski definition) is 2. The second-order valence-corrected chi connectivity index (χ2v) is 4.61. The lowest BCUT2D eigenvalue weighted by Gasteiger charge is -2.32. The first-order valence-corrected chi connectivity index (χ1v) is 5.30. The van der Waals surface area contributed by atoms with Crippen molar-refractivity contribution < 1.29 is 31.4 Å². The summed E-state index contributed by atoms with van der Waals surface area (Å²) >= 11 is -0.284. The van der Waals surface area contributed by atoms with E-state index in [9.17, 15) is 31.4 Å². The van der Waals surface area contributed by atoms with Crippen molar-refractivity contribution in [2.45, 2.75) is 30.9 Å². The highest BCUT2D eigenvalue weighted by atomic mass is 32.1. The van der Waals surface area contributed by atoms with Gasteiger partial charge in [-0.2, -0.15) is 26.3 Å². The molecule has 1 aromatic heterocycles. The minimum atomic E-state index is -5.20. The van der Waals surface area contributed by atoms with Crippen molar-refractivity contribution in [3.8, 4) is 0 Å². The normalized spacial score (nSPS) is 18.5. The fourth-order valence-corrected chi connectivity index (χ4v) is 2.20. The molecule has 1 heterocycles. The van der Waals surface area contributed by atoms with Crippen LogP contribution in [0, 0.1) is 0 Å². The van der Waals surface area contributed by atoms with Gasteiger partial charge in [0.25, 0.3) is 0 Å². The largest absolute Gasteiger partial charge is 0.443 e. The lowest BCUT2D eigenvalue weighted by molar-refractivity contribution is -0.271. The van der Waals surface area contributed by atoms with Crippen LogP contribution in [0.1, 0.15) is 16.8 Å². The second-order valence-electron chi connectivity index (χ2n) is 3.58. The quantitative estimate of drug-likeness (QED) is 0.823. The van der Waals surface area contributed by atoms with Gasteiger partial charge in [-0.05, 0) is 6.92 Å². The number of aromatic nitrogens is 1. The Kier molecular flexibility index (Phi) is 3.67.